The number of hydrogen-bond acceptors (Lipinski definition) is 2. The van der Waals surface area contributed by atoms with Crippen molar-refractivity contribution in [3.8, 4) is 5.75 Å². The van der Waals surface area contributed by atoms with Crippen molar-refractivity contribution in [1.82, 2.24) is 0 Å². The topological polar surface area (TPSA) is 29.5 Å². The molecule has 4 bridgehead atoms. The molecule has 5 aliphatic rings. The van der Waals surface area contributed by atoms with E-state index < -0.39 is 0 Å². The lowest BCUT2D eigenvalue weighted by Crippen LogP contribution is -2.55. The first kappa shape index (κ1) is 13.0. The lowest BCUT2D eigenvalue weighted by atomic mass is 9.49. The largest absolute Gasteiger partial charge is 0.490 e. The first-order chi connectivity index (χ1) is 10.7. The van der Waals surface area contributed by atoms with E-state index in [1.54, 1.807) is 0 Å². The average Bonchev–Trinajstić information content (AvgIpc) is 2.52. The van der Waals surface area contributed by atoms with Gasteiger partial charge in [0.2, 0.25) is 5.91 Å². The van der Waals surface area contributed by atoms with E-state index in [0.717, 1.165) is 48.5 Å². The van der Waals surface area contributed by atoms with Crippen molar-refractivity contribution >= 4 is 11.6 Å². The van der Waals surface area contributed by atoms with Gasteiger partial charge in [-0.15, -0.1) is 0 Å². The van der Waals surface area contributed by atoms with Gasteiger partial charge in [-0.05, 0) is 68.4 Å². The molecule has 0 aromatic heterocycles. The summed E-state index contributed by atoms with van der Waals surface area (Å²) in [6, 6.07) is 8.01. The molecule has 6 rings (SSSR count). The number of rotatable bonds is 1. The number of hydrogen-bond donors (Lipinski definition) is 0. The van der Waals surface area contributed by atoms with Crippen LogP contribution in [-0.4, -0.2) is 19.1 Å². The monoisotopic (exact) mass is 297 g/mol. The standard InChI is InChI=1S/C19H23NO2/c21-18(20-5-6-22-17-4-2-1-3-16(17)20)19-10-13-7-14(11-19)9-15(8-13)12-19/h1-4,13-15H,5-12H2. The molecule has 3 heteroatoms. The van der Waals surface area contributed by atoms with Gasteiger partial charge in [-0.3, -0.25) is 4.79 Å². The van der Waals surface area contributed by atoms with Gasteiger partial charge < -0.3 is 9.64 Å². The molecule has 0 radical (unpaired) electrons. The molecule has 116 valence electrons. The van der Waals surface area contributed by atoms with E-state index in [2.05, 4.69) is 0 Å². The Balaban J connectivity index is 1.50. The second-order valence-corrected chi connectivity index (χ2v) is 7.97. The van der Waals surface area contributed by atoms with Crippen LogP contribution in [0.1, 0.15) is 38.5 Å². The quantitative estimate of drug-likeness (QED) is 0.792. The molecule has 22 heavy (non-hydrogen) atoms. The summed E-state index contributed by atoms with van der Waals surface area (Å²) >= 11 is 0. The summed E-state index contributed by atoms with van der Waals surface area (Å²) in [5, 5.41) is 0. The van der Waals surface area contributed by atoms with Crippen LogP contribution in [0.2, 0.25) is 0 Å². The highest BCUT2D eigenvalue weighted by molar-refractivity contribution is 5.99. The second-order valence-electron chi connectivity index (χ2n) is 7.97. The zero-order valence-electron chi connectivity index (χ0n) is 13.0. The van der Waals surface area contributed by atoms with Gasteiger partial charge in [-0.2, -0.15) is 0 Å². The predicted molar refractivity (Wildman–Crippen MR) is 84.9 cm³/mol. The summed E-state index contributed by atoms with van der Waals surface area (Å²) in [5.74, 6) is 3.69. The fourth-order valence-electron chi connectivity index (χ4n) is 6.04. The molecule has 0 unspecified atom stereocenters. The zero-order valence-corrected chi connectivity index (χ0v) is 13.0. The maximum Gasteiger partial charge on any atom is 0.233 e. The Kier molecular flexibility index (Phi) is 2.65. The van der Waals surface area contributed by atoms with Crippen LogP contribution in [0.3, 0.4) is 0 Å². The van der Waals surface area contributed by atoms with Crippen molar-refractivity contribution in [2.75, 3.05) is 18.1 Å². The van der Waals surface area contributed by atoms with Crippen LogP contribution in [0, 0.1) is 23.2 Å². The van der Waals surface area contributed by atoms with Gasteiger partial charge in [0.1, 0.15) is 12.4 Å². The third-order valence-corrected chi connectivity index (χ3v) is 6.47. The first-order valence-corrected chi connectivity index (χ1v) is 8.77. The van der Waals surface area contributed by atoms with E-state index in [-0.39, 0.29) is 5.41 Å². The summed E-state index contributed by atoms with van der Waals surface area (Å²) < 4.78 is 5.73. The average molecular weight is 297 g/mol. The summed E-state index contributed by atoms with van der Waals surface area (Å²) in [7, 11) is 0. The van der Waals surface area contributed by atoms with Crippen molar-refractivity contribution < 1.29 is 9.53 Å². The van der Waals surface area contributed by atoms with Gasteiger partial charge in [0.25, 0.3) is 0 Å². The van der Waals surface area contributed by atoms with E-state index in [0.29, 0.717) is 19.1 Å². The van der Waals surface area contributed by atoms with E-state index >= 15 is 0 Å². The second kappa shape index (κ2) is 4.50. The number of anilines is 1. The minimum atomic E-state index is -0.0563. The minimum absolute atomic E-state index is 0.0563. The van der Waals surface area contributed by atoms with Gasteiger partial charge >= 0.3 is 0 Å². The number of carbonyl (C=O) groups is 1. The van der Waals surface area contributed by atoms with E-state index in [4.69, 9.17) is 4.74 Å². The maximum atomic E-state index is 13.5. The molecule has 1 amide bonds. The van der Waals surface area contributed by atoms with E-state index in [1.807, 2.05) is 29.2 Å². The number of fused-ring (bicyclic) bond motifs is 1. The van der Waals surface area contributed by atoms with E-state index in [1.165, 1.54) is 19.3 Å². The molecule has 4 saturated carbocycles. The van der Waals surface area contributed by atoms with Crippen LogP contribution in [0.4, 0.5) is 5.69 Å². The van der Waals surface area contributed by atoms with Crippen molar-refractivity contribution in [2.45, 2.75) is 38.5 Å². The van der Waals surface area contributed by atoms with Crippen molar-refractivity contribution in [3.05, 3.63) is 24.3 Å². The van der Waals surface area contributed by atoms with Gasteiger partial charge in [-0.25, -0.2) is 0 Å². The van der Waals surface area contributed by atoms with Gasteiger partial charge in [0, 0.05) is 0 Å². The summed E-state index contributed by atoms with van der Waals surface area (Å²) in [6.07, 6.45) is 7.55. The zero-order chi connectivity index (χ0) is 14.7. The molecule has 4 fully saturated rings. The molecule has 1 aromatic carbocycles. The summed E-state index contributed by atoms with van der Waals surface area (Å²) in [5.41, 5.74) is 0.925. The van der Waals surface area contributed by atoms with Crippen LogP contribution in [0.5, 0.6) is 5.75 Å². The maximum absolute atomic E-state index is 13.5. The Morgan fingerprint density at radius 2 is 1.68 bits per heavy atom. The van der Waals surface area contributed by atoms with Gasteiger partial charge in [-0.1, -0.05) is 12.1 Å². The molecule has 1 heterocycles. The van der Waals surface area contributed by atoms with Gasteiger partial charge in [0.15, 0.2) is 0 Å². The predicted octanol–water partition coefficient (Wildman–Crippen LogP) is 3.63. The minimum Gasteiger partial charge on any atom is -0.490 e. The van der Waals surface area contributed by atoms with Crippen molar-refractivity contribution in [3.63, 3.8) is 0 Å². The summed E-state index contributed by atoms with van der Waals surface area (Å²) in [4.78, 5) is 15.5. The Morgan fingerprint density at radius 3 is 2.36 bits per heavy atom. The third-order valence-electron chi connectivity index (χ3n) is 6.47. The SMILES string of the molecule is O=C(N1CCOc2ccccc21)C12CC3CC(CC(C3)C1)C2. The molecule has 3 nitrogen and oxygen atoms in total. The highest BCUT2D eigenvalue weighted by atomic mass is 16.5. The summed E-state index contributed by atoms with van der Waals surface area (Å²) in [6.45, 7) is 1.33. The van der Waals surface area contributed by atoms with Crippen molar-refractivity contribution in [2.24, 2.45) is 23.2 Å². The molecular formula is C19H23NO2. The lowest BCUT2D eigenvalue weighted by molar-refractivity contribution is -0.143. The number of nitrogens with zero attached hydrogens (tertiary/aromatic N) is 1. The van der Waals surface area contributed by atoms with Gasteiger partial charge in [0.05, 0.1) is 17.6 Å². The smallest absolute Gasteiger partial charge is 0.233 e. The van der Waals surface area contributed by atoms with Crippen LogP contribution < -0.4 is 9.64 Å². The molecule has 4 aliphatic carbocycles. The Labute approximate surface area is 131 Å². The first-order valence-electron chi connectivity index (χ1n) is 8.77. The Bertz CT molecular complexity index is 588. The van der Waals surface area contributed by atoms with Crippen molar-refractivity contribution in [1.29, 1.82) is 0 Å². The molecule has 0 spiro atoms. The number of para-hydroxylation sites is 2. The van der Waals surface area contributed by atoms with E-state index in [9.17, 15) is 4.79 Å². The van der Waals surface area contributed by atoms with Crippen LogP contribution >= 0.6 is 0 Å². The fourth-order valence-corrected chi connectivity index (χ4v) is 6.04. The van der Waals surface area contributed by atoms with Crippen LogP contribution in [-0.2, 0) is 4.79 Å². The number of ether oxygens (including phenoxy) is 1. The molecule has 1 aromatic rings. The molecular weight excluding hydrogens is 274 g/mol. The molecule has 0 atom stereocenters. The normalized spacial score (nSPS) is 38.5. The molecule has 0 saturated heterocycles. The number of amides is 1. The lowest BCUT2D eigenvalue weighted by Gasteiger charge is -2.56. The Morgan fingerprint density at radius 1 is 1.05 bits per heavy atom. The highest BCUT2D eigenvalue weighted by Crippen LogP contribution is 2.60. The number of carbonyl (C=O) groups excluding carboxylic acids is 1. The Hall–Kier alpha value is -1.51. The molecule has 0 N–H and O–H groups in total. The highest BCUT2D eigenvalue weighted by Gasteiger charge is 2.56. The third kappa shape index (κ3) is 1.77. The molecule has 1 aliphatic heterocycles. The fraction of sp³-hybridized carbons (Fsp3) is 0.632. The van der Waals surface area contributed by atoms with Crippen LogP contribution in [0.25, 0.3) is 0 Å². The van der Waals surface area contributed by atoms with Crippen LogP contribution in [0.15, 0.2) is 24.3 Å². The number of benzene rings is 1.